The van der Waals surface area contributed by atoms with Crippen LogP contribution in [0.25, 0.3) is 11.2 Å². The minimum absolute atomic E-state index is 0.160. The molecule has 0 spiro atoms. The fourth-order valence-corrected chi connectivity index (χ4v) is 5.16. The molecule has 2 aliphatic carbocycles. The van der Waals surface area contributed by atoms with E-state index in [1.165, 1.54) is 4.57 Å². The van der Waals surface area contributed by atoms with Gasteiger partial charge in [-0.1, -0.05) is 36.4 Å². The van der Waals surface area contributed by atoms with Gasteiger partial charge in [-0.2, -0.15) is 0 Å². The van der Waals surface area contributed by atoms with Crippen LogP contribution in [0.2, 0.25) is 0 Å². The number of benzene rings is 1. The second-order valence-corrected chi connectivity index (χ2v) is 9.81. The molecule has 0 radical (unpaired) electrons. The Labute approximate surface area is 213 Å². The van der Waals surface area contributed by atoms with Crippen molar-refractivity contribution in [2.45, 2.75) is 64.2 Å². The van der Waals surface area contributed by atoms with E-state index in [2.05, 4.69) is 11.1 Å². The van der Waals surface area contributed by atoms with Crippen LogP contribution in [-0.4, -0.2) is 35.5 Å². The lowest BCUT2D eigenvalue weighted by Gasteiger charge is -2.28. The van der Waals surface area contributed by atoms with Gasteiger partial charge in [0.05, 0.1) is 25.7 Å². The van der Waals surface area contributed by atoms with Gasteiger partial charge in [0.15, 0.2) is 11.2 Å². The summed E-state index contributed by atoms with van der Waals surface area (Å²) in [5, 5.41) is 0. The Kier molecular flexibility index (Phi) is 6.12. The number of furan rings is 1. The minimum Gasteiger partial charge on any atom is -0.467 e. The summed E-state index contributed by atoms with van der Waals surface area (Å²) in [5.74, 6) is 0.448. The molecule has 0 saturated heterocycles. The van der Waals surface area contributed by atoms with Gasteiger partial charge in [0.25, 0.3) is 5.56 Å². The molecule has 0 bridgehead atoms. The second-order valence-electron chi connectivity index (χ2n) is 9.81. The number of allylic oxidation sites excluding steroid dienone is 2. The van der Waals surface area contributed by atoms with E-state index in [0.717, 1.165) is 54.4 Å². The molecule has 2 aliphatic rings. The zero-order valence-electron chi connectivity index (χ0n) is 20.6. The number of nitrogens with zero attached hydrogens (tertiary/aromatic N) is 5. The van der Waals surface area contributed by atoms with Crippen LogP contribution >= 0.6 is 0 Å². The topological polar surface area (TPSA) is 95.3 Å². The molecule has 6 rings (SSSR count). The summed E-state index contributed by atoms with van der Waals surface area (Å²) < 4.78 is 9.72. The fourth-order valence-electron chi connectivity index (χ4n) is 5.16. The number of imidazole rings is 1. The van der Waals surface area contributed by atoms with E-state index in [9.17, 15) is 14.4 Å². The van der Waals surface area contributed by atoms with Crippen molar-refractivity contribution in [3.05, 3.63) is 99.0 Å². The predicted molar refractivity (Wildman–Crippen MR) is 138 cm³/mol. The molecule has 0 N–H and O–H groups in total. The van der Waals surface area contributed by atoms with Crippen LogP contribution in [0, 0.1) is 0 Å². The van der Waals surface area contributed by atoms with Crippen LogP contribution < -0.4 is 11.2 Å². The summed E-state index contributed by atoms with van der Waals surface area (Å²) in [6, 6.07) is 13.3. The Balaban J connectivity index is 1.45. The predicted octanol–water partition coefficient (Wildman–Crippen LogP) is 3.50. The van der Waals surface area contributed by atoms with E-state index in [0.29, 0.717) is 11.4 Å². The number of carbonyl (C=O) groups excluding carboxylic acids is 1. The SMILES string of the molecule is O=C(Cn1c(=O)c2c(ncn2Cc2ccco2)n(Cc2ccccc2)c1=O)N(C1=CCCCC1)C1CC1. The Morgan fingerprint density at radius 2 is 1.86 bits per heavy atom. The summed E-state index contributed by atoms with van der Waals surface area (Å²) in [4.78, 5) is 47.4. The average Bonchev–Trinajstić information content (AvgIpc) is 3.44. The number of hydrogen-bond donors (Lipinski definition) is 0. The Morgan fingerprint density at radius 3 is 2.57 bits per heavy atom. The first-order valence-corrected chi connectivity index (χ1v) is 12.9. The van der Waals surface area contributed by atoms with Gasteiger partial charge in [0.2, 0.25) is 5.91 Å². The monoisotopic (exact) mass is 499 g/mol. The first-order valence-electron chi connectivity index (χ1n) is 12.9. The molecule has 9 nitrogen and oxygen atoms in total. The van der Waals surface area contributed by atoms with Gasteiger partial charge >= 0.3 is 5.69 Å². The maximum Gasteiger partial charge on any atom is 0.333 e. The normalized spacial score (nSPS) is 15.6. The molecular formula is C28H29N5O4. The standard InChI is InChI=1S/C28H29N5O4/c34-24(33(22-13-14-22)21-10-5-2-6-11-21)18-32-27(35)25-26(29-19-30(25)17-23-12-7-15-37-23)31(28(32)36)16-20-8-3-1-4-9-20/h1,3-4,7-10,12,15,19,22H,2,5-6,11,13-14,16-18H2. The fraction of sp³-hybridized carbons (Fsp3) is 0.357. The molecule has 0 aliphatic heterocycles. The van der Waals surface area contributed by atoms with Crippen molar-refractivity contribution in [2.75, 3.05) is 0 Å². The van der Waals surface area contributed by atoms with Crippen molar-refractivity contribution in [1.29, 1.82) is 0 Å². The number of aromatic nitrogens is 4. The summed E-state index contributed by atoms with van der Waals surface area (Å²) in [6.45, 7) is 0.222. The van der Waals surface area contributed by atoms with E-state index < -0.39 is 11.2 Å². The van der Waals surface area contributed by atoms with Gasteiger partial charge in [-0.15, -0.1) is 0 Å². The lowest BCUT2D eigenvalue weighted by Crippen LogP contribution is -2.45. The maximum atomic E-state index is 13.8. The summed E-state index contributed by atoms with van der Waals surface area (Å²) >= 11 is 0. The summed E-state index contributed by atoms with van der Waals surface area (Å²) in [5.41, 5.74) is 1.44. The Morgan fingerprint density at radius 1 is 1.03 bits per heavy atom. The molecule has 0 unspecified atom stereocenters. The minimum atomic E-state index is -0.536. The van der Waals surface area contributed by atoms with Gasteiger partial charge < -0.3 is 13.9 Å². The molecule has 1 amide bonds. The van der Waals surface area contributed by atoms with Crippen LogP contribution in [0.3, 0.4) is 0 Å². The molecule has 0 atom stereocenters. The van der Waals surface area contributed by atoms with Crippen molar-refractivity contribution < 1.29 is 9.21 Å². The molecule has 37 heavy (non-hydrogen) atoms. The van der Waals surface area contributed by atoms with Crippen LogP contribution in [0.4, 0.5) is 0 Å². The zero-order valence-corrected chi connectivity index (χ0v) is 20.6. The molecule has 3 heterocycles. The van der Waals surface area contributed by atoms with E-state index in [4.69, 9.17) is 4.42 Å². The highest BCUT2D eigenvalue weighted by atomic mass is 16.3. The summed E-state index contributed by atoms with van der Waals surface area (Å²) in [7, 11) is 0. The smallest absolute Gasteiger partial charge is 0.333 e. The van der Waals surface area contributed by atoms with Gasteiger partial charge in [0.1, 0.15) is 12.3 Å². The van der Waals surface area contributed by atoms with Gasteiger partial charge in [-0.3, -0.25) is 14.2 Å². The quantitative estimate of drug-likeness (QED) is 0.370. The summed E-state index contributed by atoms with van der Waals surface area (Å²) in [6.07, 6.45) is 11.1. The number of carbonyl (C=O) groups is 1. The van der Waals surface area contributed by atoms with E-state index in [1.807, 2.05) is 41.3 Å². The maximum absolute atomic E-state index is 13.8. The second kappa shape index (κ2) is 9.72. The van der Waals surface area contributed by atoms with Crippen LogP contribution in [-0.2, 0) is 24.4 Å². The molecule has 190 valence electrons. The van der Waals surface area contributed by atoms with E-state index >= 15 is 0 Å². The third kappa shape index (κ3) is 4.57. The molecule has 3 aromatic heterocycles. The van der Waals surface area contributed by atoms with Crippen LogP contribution in [0.1, 0.15) is 49.8 Å². The Hall–Kier alpha value is -4.14. The third-order valence-electron chi connectivity index (χ3n) is 7.12. The van der Waals surface area contributed by atoms with Gasteiger partial charge in [0, 0.05) is 11.7 Å². The number of fused-ring (bicyclic) bond motifs is 1. The molecular weight excluding hydrogens is 470 g/mol. The average molecular weight is 500 g/mol. The molecule has 1 fully saturated rings. The van der Waals surface area contributed by atoms with Crippen molar-refractivity contribution in [3.8, 4) is 0 Å². The highest BCUT2D eigenvalue weighted by molar-refractivity contribution is 5.79. The van der Waals surface area contributed by atoms with Crippen molar-refractivity contribution in [3.63, 3.8) is 0 Å². The third-order valence-corrected chi connectivity index (χ3v) is 7.12. The van der Waals surface area contributed by atoms with E-state index in [1.54, 1.807) is 23.2 Å². The number of amides is 1. The number of hydrogen-bond acceptors (Lipinski definition) is 5. The van der Waals surface area contributed by atoms with Crippen LogP contribution in [0.5, 0.6) is 0 Å². The number of rotatable bonds is 8. The zero-order chi connectivity index (χ0) is 25.4. The largest absolute Gasteiger partial charge is 0.467 e. The molecule has 9 heteroatoms. The highest BCUT2D eigenvalue weighted by Crippen LogP contribution is 2.33. The van der Waals surface area contributed by atoms with Gasteiger partial charge in [-0.05, 0) is 56.2 Å². The lowest BCUT2D eigenvalue weighted by atomic mass is 10.0. The lowest BCUT2D eigenvalue weighted by molar-refractivity contribution is -0.130. The first kappa shape index (κ1) is 23.3. The Bertz CT molecular complexity index is 1570. The van der Waals surface area contributed by atoms with Crippen molar-refractivity contribution in [1.82, 2.24) is 23.6 Å². The first-order chi connectivity index (χ1) is 18.1. The van der Waals surface area contributed by atoms with Crippen molar-refractivity contribution >= 4 is 17.1 Å². The van der Waals surface area contributed by atoms with E-state index in [-0.39, 0.29) is 37.1 Å². The molecule has 4 aromatic rings. The van der Waals surface area contributed by atoms with Crippen molar-refractivity contribution in [2.24, 2.45) is 0 Å². The molecule has 1 saturated carbocycles. The van der Waals surface area contributed by atoms with Crippen LogP contribution in [0.15, 0.2) is 80.8 Å². The molecule has 1 aromatic carbocycles. The van der Waals surface area contributed by atoms with Gasteiger partial charge in [-0.25, -0.2) is 14.3 Å². The highest BCUT2D eigenvalue weighted by Gasteiger charge is 2.35.